The summed E-state index contributed by atoms with van der Waals surface area (Å²) in [4.78, 5) is 11.4. The SMILES string of the molecule is CCC(C)(CC)c1ccc(-c2ccc(-c3ccc(-c4ccc(C(C)(CC)CC)s4)s3)s2)s1. The molecule has 0 aliphatic carbocycles. The van der Waals surface area contributed by atoms with Crippen LogP contribution in [0, 0.1) is 0 Å². The lowest BCUT2D eigenvalue weighted by Gasteiger charge is -2.25. The third-order valence-corrected chi connectivity index (χ3v) is 13.0. The summed E-state index contributed by atoms with van der Waals surface area (Å²) in [7, 11) is 0. The summed E-state index contributed by atoms with van der Waals surface area (Å²) in [5.74, 6) is 0. The van der Waals surface area contributed by atoms with E-state index in [1.54, 1.807) is 0 Å². The molecule has 0 aliphatic rings. The van der Waals surface area contributed by atoms with Crippen LogP contribution in [0.1, 0.15) is 77.0 Å². The molecule has 0 unspecified atom stereocenters. The van der Waals surface area contributed by atoms with Gasteiger partial charge in [0.15, 0.2) is 0 Å². The molecule has 0 fully saturated rings. The van der Waals surface area contributed by atoms with E-state index in [1.807, 2.05) is 45.3 Å². The minimum Gasteiger partial charge on any atom is -0.139 e. The zero-order chi connectivity index (χ0) is 22.9. The van der Waals surface area contributed by atoms with E-state index >= 15 is 0 Å². The van der Waals surface area contributed by atoms with Gasteiger partial charge in [0.2, 0.25) is 0 Å². The molecule has 0 atom stereocenters. The summed E-state index contributed by atoms with van der Waals surface area (Å²) in [5, 5.41) is 0. The molecule has 4 aromatic rings. The van der Waals surface area contributed by atoms with Crippen LogP contribution in [0.15, 0.2) is 48.5 Å². The fourth-order valence-electron chi connectivity index (χ4n) is 3.99. The molecule has 4 heteroatoms. The van der Waals surface area contributed by atoms with Crippen LogP contribution in [0.3, 0.4) is 0 Å². The van der Waals surface area contributed by atoms with Crippen LogP contribution in [0.2, 0.25) is 0 Å². The van der Waals surface area contributed by atoms with Gasteiger partial charge in [-0.05, 0) is 74.2 Å². The smallest absolute Gasteiger partial charge is 0.0449 e. The van der Waals surface area contributed by atoms with E-state index in [9.17, 15) is 0 Å². The first-order valence-corrected chi connectivity index (χ1v) is 15.0. The van der Waals surface area contributed by atoms with Crippen molar-refractivity contribution in [3.63, 3.8) is 0 Å². The average Bonchev–Trinajstić information content (AvgIpc) is 3.62. The van der Waals surface area contributed by atoms with Gasteiger partial charge in [-0.25, -0.2) is 0 Å². The predicted molar refractivity (Wildman–Crippen MR) is 150 cm³/mol. The second-order valence-electron chi connectivity index (χ2n) is 9.19. The van der Waals surface area contributed by atoms with Gasteiger partial charge in [-0.2, -0.15) is 0 Å². The summed E-state index contributed by atoms with van der Waals surface area (Å²) < 4.78 is 0. The minimum atomic E-state index is 0.302. The monoisotopic (exact) mass is 498 g/mol. The second-order valence-corrected chi connectivity index (χ2v) is 13.5. The lowest BCUT2D eigenvalue weighted by Crippen LogP contribution is -2.17. The van der Waals surface area contributed by atoms with Crippen LogP contribution in [0.5, 0.6) is 0 Å². The molecule has 4 aromatic heterocycles. The van der Waals surface area contributed by atoms with E-state index in [2.05, 4.69) is 90.1 Å². The Morgan fingerprint density at radius 3 is 0.969 bits per heavy atom. The molecule has 4 heterocycles. The zero-order valence-corrected chi connectivity index (χ0v) is 23.3. The van der Waals surface area contributed by atoms with Crippen LogP contribution in [-0.2, 0) is 10.8 Å². The highest BCUT2D eigenvalue weighted by Crippen LogP contribution is 2.46. The number of thiophene rings is 4. The average molecular weight is 499 g/mol. The van der Waals surface area contributed by atoms with Crippen molar-refractivity contribution in [2.45, 2.75) is 78.1 Å². The molecule has 170 valence electrons. The van der Waals surface area contributed by atoms with Crippen LogP contribution < -0.4 is 0 Å². The third kappa shape index (κ3) is 4.44. The highest BCUT2D eigenvalue weighted by molar-refractivity contribution is 7.28. The largest absolute Gasteiger partial charge is 0.139 e. The second kappa shape index (κ2) is 9.58. The molecule has 32 heavy (non-hydrogen) atoms. The molecule has 0 spiro atoms. The van der Waals surface area contributed by atoms with Gasteiger partial charge in [0.25, 0.3) is 0 Å². The van der Waals surface area contributed by atoms with Gasteiger partial charge in [0, 0.05) is 49.8 Å². The highest BCUT2D eigenvalue weighted by atomic mass is 32.1. The standard InChI is InChI=1S/C28H34S4/c1-7-27(5,8-2)25-17-15-23(31-25)21-13-11-19(29-21)20-12-14-22(30-20)24-16-18-26(32-24)28(6,9-3)10-4/h11-18H,7-10H2,1-6H3. The van der Waals surface area contributed by atoms with Gasteiger partial charge in [0.05, 0.1) is 0 Å². The Labute approximate surface area is 210 Å². The molecule has 0 aromatic carbocycles. The number of hydrogen-bond acceptors (Lipinski definition) is 4. The van der Waals surface area contributed by atoms with Gasteiger partial charge < -0.3 is 0 Å². The maximum Gasteiger partial charge on any atom is 0.0449 e. The summed E-state index contributed by atoms with van der Waals surface area (Å²) >= 11 is 7.81. The van der Waals surface area contributed by atoms with Gasteiger partial charge in [-0.1, -0.05) is 41.5 Å². The van der Waals surface area contributed by atoms with Crippen LogP contribution in [-0.4, -0.2) is 0 Å². The lowest BCUT2D eigenvalue weighted by molar-refractivity contribution is 0.448. The lowest BCUT2D eigenvalue weighted by atomic mass is 9.83. The number of hydrogen-bond donors (Lipinski definition) is 0. The van der Waals surface area contributed by atoms with Crippen molar-refractivity contribution in [2.75, 3.05) is 0 Å². The van der Waals surface area contributed by atoms with Gasteiger partial charge >= 0.3 is 0 Å². The molecule has 0 aliphatic heterocycles. The molecule has 0 N–H and O–H groups in total. The molecule has 0 radical (unpaired) electrons. The highest BCUT2D eigenvalue weighted by Gasteiger charge is 2.25. The third-order valence-electron chi connectivity index (χ3n) is 7.46. The normalized spacial score (nSPS) is 12.6. The number of rotatable bonds is 9. The fraction of sp³-hybridized carbons (Fsp3) is 0.429. The van der Waals surface area contributed by atoms with E-state index in [1.165, 1.54) is 64.7 Å². The van der Waals surface area contributed by atoms with Crippen molar-refractivity contribution in [3.05, 3.63) is 58.3 Å². The fourth-order valence-corrected chi connectivity index (χ4v) is 8.86. The molecule has 4 rings (SSSR count). The molecular formula is C28H34S4. The van der Waals surface area contributed by atoms with Crippen LogP contribution in [0.25, 0.3) is 29.3 Å². The Hall–Kier alpha value is -1.20. The van der Waals surface area contributed by atoms with E-state index in [0.717, 1.165) is 0 Å². The minimum absolute atomic E-state index is 0.302. The molecular weight excluding hydrogens is 465 g/mol. The molecule has 0 amide bonds. The van der Waals surface area contributed by atoms with Crippen molar-refractivity contribution in [3.8, 4) is 29.3 Å². The summed E-state index contributed by atoms with van der Waals surface area (Å²) in [6.07, 6.45) is 4.77. The Morgan fingerprint density at radius 1 is 0.438 bits per heavy atom. The Morgan fingerprint density at radius 2 is 0.688 bits per heavy atom. The Kier molecular flexibility index (Phi) is 7.17. The summed E-state index contributed by atoms with van der Waals surface area (Å²) in [6, 6.07) is 18.6. The molecule has 0 bridgehead atoms. The van der Waals surface area contributed by atoms with Gasteiger partial charge in [0.1, 0.15) is 0 Å². The predicted octanol–water partition coefficient (Wildman–Crippen LogP) is 11.1. The first kappa shape index (κ1) is 23.9. The maximum atomic E-state index is 2.40. The zero-order valence-electron chi connectivity index (χ0n) is 20.1. The first-order valence-electron chi connectivity index (χ1n) is 11.8. The van der Waals surface area contributed by atoms with Crippen molar-refractivity contribution >= 4 is 45.3 Å². The Bertz CT molecular complexity index is 1070. The van der Waals surface area contributed by atoms with E-state index in [4.69, 9.17) is 0 Å². The van der Waals surface area contributed by atoms with Gasteiger partial charge in [-0.3, -0.25) is 0 Å². The first-order chi connectivity index (χ1) is 15.4. The summed E-state index contributed by atoms with van der Waals surface area (Å²) in [6.45, 7) is 14.0. The van der Waals surface area contributed by atoms with Crippen LogP contribution in [0.4, 0.5) is 0 Å². The Balaban J connectivity index is 1.56. The molecule has 0 nitrogen and oxygen atoms in total. The van der Waals surface area contributed by atoms with E-state index in [-0.39, 0.29) is 0 Å². The van der Waals surface area contributed by atoms with Crippen molar-refractivity contribution in [1.82, 2.24) is 0 Å². The molecule has 0 saturated heterocycles. The quantitative estimate of drug-likeness (QED) is 0.215. The summed E-state index contributed by atoms with van der Waals surface area (Å²) in [5.41, 5.74) is 0.605. The van der Waals surface area contributed by atoms with Gasteiger partial charge in [-0.15, -0.1) is 45.3 Å². The van der Waals surface area contributed by atoms with Crippen LogP contribution >= 0.6 is 45.3 Å². The topological polar surface area (TPSA) is 0 Å². The van der Waals surface area contributed by atoms with E-state index in [0.29, 0.717) is 10.8 Å². The molecule has 0 saturated carbocycles. The maximum absolute atomic E-state index is 2.40. The van der Waals surface area contributed by atoms with Crippen molar-refractivity contribution in [1.29, 1.82) is 0 Å². The van der Waals surface area contributed by atoms with Crippen molar-refractivity contribution in [2.24, 2.45) is 0 Å². The van der Waals surface area contributed by atoms with E-state index < -0.39 is 0 Å². The van der Waals surface area contributed by atoms with Crippen molar-refractivity contribution < 1.29 is 0 Å².